The van der Waals surface area contributed by atoms with Crippen LogP contribution in [0.1, 0.15) is 63.2 Å². The molecule has 0 bridgehead atoms. The molecule has 1 fully saturated rings. The first-order valence-electron chi connectivity index (χ1n) is 13.1. The fourth-order valence-electron chi connectivity index (χ4n) is 4.99. The number of ether oxygens (including phenoxy) is 1. The summed E-state index contributed by atoms with van der Waals surface area (Å²) >= 11 is 0. The Morgan fingerprint density at radius 1 is 1.03 bits per heavy atom. The van der Waals surface area contributed by atoms with Crippen LogP contribution in [0.15, 0.2) is 81.8 Å². The molecule has 2 aliphatic rings. The van der Waals surface area contributed by atoms with Gasteiger partial charge in [0.05, 0.1) is 18.8 Å². The third-order valence-corrected chi connectivity index (χ3v) is 7.22. The highest BCUT2D eigenvalue weighted by molar-refractivity contribution is 5.91. The summed E-state index contributed by atoms with van der Waals surface area (Å²) in [5, 5.41) is 2.77. The van der Waals surface area contributed by atoms with Crippen molar-refractivity contribution < 1.29 is 23.2 Å². The third kappa shape index (κ3) is 5.09. The first-order valence-corrected chi connectivity index (χ1v) is 13.1. The smallest absolute Gasteiger partial charge is 0.287 e. The van der Waals surface area contributed by atoms with Gasteiger partial charge in [-0.25, -0.2) is 0 Å². The van der Waals surface area contributed by atoms with Crippen molar-refractivity contribution in [2.24, 2.45) is 5.92 Å². The van der Waals surface area contributed by atoms with E-state index in [1.165, 1.54) is 11.1 Å². The molecular formula is C31H30N2O5. The number of aryl methyl sites for hydroxylation is 1. The Morgan fingerprint density at radius 3 is 2.63 bits per heavy atom. The van der Waals surface area contributed by atoms with Crippen LogP contribution in [0.2, 0.25) is 0 Å². The fourth-order valence-corrected chi connectivity index (χ4v) is 4.99. The number of hydrogen-bond acceptors (Lipinski definition) is 5. The van der Waals surface area contributed by atoms with E-state index in [1.54, 1.807) is 30.5 Å². The number of carbonyl (C=O) groups excluding carboxylic acids is 2. The maximum Gasteiger partial charge on any atom is 0.287 e. The average molecular weight is 511 g/mol. The summed E-state index contributed by atoms with van der Waals surface area (Å²) in [4.78, 5) is 27.7. The van der Waals surface area contributed by atoms with Gasteiger partial charge in [-0.15, -0.1) is 0 Å². The second-order valence-electron chi connectivity index (χ2n) is 10.0. The summed E-state index contributed by atoms with van der Waals surface area (Å²) in [6, 6.07) is 21.4. The molecule has 6 rings (SSSR count). The summed E-state index contributed by atoms with van der Waals surface area (Å²) in [6.45, 7) is 3.26. The van der Waals surface area contributed by atoms with Crippen molar-refractivity contribution in [1.82, 2.24) is 10.2 Å². The maximum atomic E-state index is 13.2. The van der Waals surface area contributed by atoms with Crippen molar-refractivity contribution >= 4 is 11.8 Å². The first kappa shape index (κ1) is 24.1. The molecule has 194 valence electrons. The van der Waals surface area contributed by atoms with Gasteiger partial charge in [0.1, 0.15) is 23.9 Å². The highest BCUT2D eigenvalue weighted by atomic mass is 16.5. The molecule has 0 saturated heterocycles. The molecule has 7 nitrogen and oxygen atoms in total. The van der Waals surface area contributed by atoms with Crippen molar-refractivity contribution in [3.63, 3.8) is 0 Å². The van der Waals surface area contributed by atoms with E-state index in [2.05, 4.69) is 47.5 Å². The molecule has 4 aromatic rings. The van der Waals surface area contributed by atoms with Crippen molar-refractivity contribution in [3.05, 3.63) is 113 Å². The summed E-state index contributed by atoms with van der Waals surface area (Å²) in [5.74, 6) is 2.22. The number of benzene rings is 2. The lowest BCUT2D eigenvalue weighted by Crippen LogP contribution is -2.41. The SMILES string of the molecule is Cc1ccc(C2c3cc(OCc4ccc(C(=O)NCc5ccco5)o4)ccc3CCN2C(=O)C2CC2)cc1. The van der Waals surface area contributed by atoms with Crippen molar-refractivity contribution in [1.29, 1.82) is 0 Å². The minimum atomic E-state index is -0.317. The molecule has 0 spiro atoms. The van der Waals surface area contributed by atoms with Gasteiger partial charge >= 0.3 is 0 Å². The summed E-state index contributed by atoms with van der Waals surface area (Å²) in [5.41, 5.74) is 4.63. The minimum Gasteiger partial charge on any atom is -0.486 e. The number of nitrogens with one attached hydrogen (secondary N) is 1. The van der Waals surface area contributed by atoms with Crippen LogP contribution in [-0.2, 0) is 24.4 Å². The van der Waals surface area contributed by atoms with Crippen molar-refractivity contribution in [2.75, 3.05) is 6.54 Å². The normalized spacial score (nSPS) is 16.7. The number of amides is 2. The molecular weight excluding hydrogens is 480 g/mol. The van der Waals surface area contributed by atoms with Crippen LogP contribution >= 0.6 is 0 Å². The first-order chi connectivity index (χ1) is 18.5. The minimum absolute atomic E-state index is 0.135. The lowest BCUT2D eigenvalue weighted by atomic mass is 9.87. The van der Waals surface area contributed by atoms with E-state index in [9.17, 15) is 9.59 Å². The highest BCUT2D eigenvalue weighted by Crippen LogP contribution is 2.41. The topological polar surface area (TPSA) is 84.9 Å². The third-order valence-electron chi connectivity index (χ3n) is 7.22. The predicted molar refractivity (Wildman–Crippen MR) is 141 cm³/mol. The summed E-state index contributed by atoms with van der Waals surface area (Å²) < 4.78 is 17.0. The van der Waals surface area contributed by atoms with Crippen LogP contribution in [0.3, 0.4) is 0 Å². The Labute approximate surface area is 221 Å². The van der Waals surface area contributed by atoms with E-state index in [1.807, 2.05) is 12.1 Å². The fraction of sp³-hybridized carbons (Fsp3) is 0.290. The molecule has 1 aliphatic carbocycles. The van der Waals surface area contributed by atoms with E-state index in [0.29, 0.717) is 17.3 Å². The molecule has 1 atom stereocenters. The molecule has 1 N–H and O–H groups in total. The van der Waals surface area contributed by atoms with E-state index < -0.39 is 0 Å². The largest absolute Gasteiger partial charge is 0.486 e. The van der Waals surface area contributed by atoms with E-state index in [-0.39, 0.29) is 42.7 Å². The van der Waals surface area contributed by atoms with Crippen molar-refractivity contribution in [2.45, 2.75) is 45.4 Å². The number of carbonyl (C=O) groups is 2. The predicted octanol–water partition coefficient (Wildman–Crippen LogP) is 5.57. The van der Waals surface area contributed by atoms with Gasteiger partial charge in [-0.1, -0.05) is 35.9 Å². The van der Waals surface area contributed by atoms with Crippen LogP contribution in [0, 0.1) is 12.8 Å². The Kier molecular flexibility index (Phi) is 6.50. The van der Waals surface area contributed by atoms with Gasteiger partial charge < -0.3 is 23.8 Å². The highest BCUT2D eigenvalue weighted by Gasteiger charge is 2.39. The van der Waals surface area contributed by atoms with E-state index >= 15 is 0 Å². The Hall–Kier alpha value is -4.26. The molecule has 1 unspecified atom stereocenters. The van der Waals surface area contributed by atoms with Crippen LogP contribution in [0.4, 0.5) is 0 Å². The number of hydrogen-bond donors (Lipinski definition) is 1. The molecule has 2 amide bonds. The molecule has 1 saturated carbocycles. The second-order valence-corrected chi connectivity index (χ2v) is 10.0. The van der Waals surface area contributed by atoms with Crippen LogP contribution in [0.5, 0.6) is 5.75 Å². The summed E-state index contributed by atoms with van der Waals surface area (Å²) in [7, 11) is 0. The Bertz CT molecular complexity index is 1430. The quantitative estimate of drug-likeness (QED) is 0.335. The van der Waals surface area contributed by atoms with Gasteiger partial charge in [0.25, 0.3) is 5.91 Å². The van der Waals surface area contributed by atoms with Gasteiger partial charge in [0, 0.05) is 12.5 Å². The molecule has 38 heavy (non-hydrogen) atoms. The van der Waals surface area contributed by atoms with E-state index in [4.69, 9.17) is 13.6 Å². The molecule has 2 aromatic heterocycles. The zero-order chi connectivity index (χ0) is 26.1. The van der Waals surface area contributed by atoms with Gasteiger partial charge in [-0.05, 0) is 79.3 Å². The number of nitrogens with zero attached hydrogens (tertiary/aromatic N) is 1. The lowest BCUT2D eigenvalue weighted by molar-refractivity contribution is -0.134. The molecule has 0 radical (unpaired) electrons. The van der Waals surface area contributed by atoms with Gasteiger partial charge in [0.15, 0.2) is 5.76 Å². The number of furan rings is 2. The van der Waals surface area contributed by atoms with Gasteiger partial charge in [-0.3, -0.25) is 9.59 Å². The number of fused-ring (bicyclic) bond motifs is 1. The van der Waals surface area contributed by atoms with Crippen LogP contribution in [-0.4, -0.2) is 23.3 Å². The lowest BCUT2D eigenvalue weighted by Gasteiger charge is -2.38. The van der Waals surface area contributed by atoms with Crippen LogP contribution in [0.25, 0.3) is 0 Å². The maximum absolute atomic E-state index is 13.2. The molecule has 3 heterocycles. The van der Waals surface area contributed by atoms with E-state index in [0.717, 1.165) is 36.9 Å². The average Bonchev–Trinajstić information content (AvgIpc) is 3.44. The zero-order valence-corrected chi connectivity index (χ0v) is 21.3. The Balaban J connectivity index is 1.18. The van der Waals surface area contributed by atoms with Crippen molar-refractivity contribution in [3.8, 4) is 5.75 Å². The molecule has 2 aromatic carbocycles. The number of rotatable bonds is 8. The Morgan fingerprint density at radius 2 is 1.87 bits per heavy atom. The van der Waals surface area contributed by atoms with Gasteiger partial charge in [-0.2, -0.15) is 0 Å². The monoisotopic (exact) mass is 510 g/mol. The standard InChI is InChI=1S/C31H30N2O5/c1-20-4-6-22(7-5-20)29-27-17-24(11-10-21(27)14-15-33(29)31(35)23-8-9-23)37-19-26-12-13-28(38-26)30(34)32-18-25-3-2-16-36-25/h2-7,10-13,16-17,23,29H,8-9,14-15,18-19H2,1H3,(H,32,34). The molecule has 7 heteroatoms. The van der Waals surface area contributed by atoms with Gasteiger partial charge in [0.2, 0.25) is 5.91 Å². The molecule has 1 aliphatic heterocycles. The zero-order valence-electron chi connectivity index (χ0n) is 21.3. The van der Waals surface area contributed by atoms with Crippen LogP contribution < -0.4 is 10.1 Å². The second kappa shape index (κ2) is 10.2. The summed E-state index contributed by atoms with van der Waals surface area (Å²) in [6.07, 6.45) is 4.36.